The third kappa shape index (κ3) is 2.39. The second kappa shape index (κ2) is 5.38. The first kappa shape index (κ1) is 13.3. The molecule has 1 N–H and O–H groups in total. The number of furan rings is 1. The molecule has 0 spiro atoms. The third-order valence-corrected chi connectivity index (χ3v) is 3.64. The van der Waals surface area contributed by atoms with Crippen LogP contribution in [0, 0.1) is 0 Å². The second-order valence-electron chi connectivity index (χ2n) is 4.94. The van der Waals surface area contributed by atoms with Gasteiger partial charge in [0.15, 0.2) is 5.76 Å². The van der Waals surface area contributed by atoms with Crippen LogP contribution < -0.4 is 0 Å². The Labute approximate surface area is 120 Å². The van der Waals surface area contributed by atoms with Gasteiger partial charge in [0.05, 0.1) is 0 Å². The molecular formula is C14H14N4O3. The van der Waals surface area contributed by atoms with E-state index in [0.29, 0.717) is 24.4 Å². The summed E-state index contributed by atoms with van der Waals surface area (Å²) in [4.78, 5) is 16.9. The molecule has 3 rings (SSSR count). The maximum atomic E-state index is 12.5. The zero-order chi connectivity index (χ0) is 14.8. The number of phenols is 1. The normalized spacial score (nSPS) is 14.7. The molecule has 1 aliphatic rings. The molecule has 2 heterocycles. The van der Waals surface area contributed by atoms with Gasteiger partial charge in [-0.1, -0.05) is 5.11 Å². The predicted octanol–water partition coefficient (Wildman–Crippen LogP) is 2.84. The standard InChI is InChI=1S/C14H14N4O3/c15-17-16-5-7-18-6-1-2-10-11-8-9(19)3-4-12(11)21-13(10)14(18)20/h3-4,8,19H,1-2,5-7H2. The largest absolute Gasteiger partial charge is 0.508 e. The highest BCUT2D eigenvalue weighted by Gasteiger charge is 2.27. The lowest BCUT2D eigenvalue weighted by Crippen LogP contribution is -2.32. The maximum Gasteiger partial charge on any atom is 0.289 e. The highest BCUT2D eigenvalue weighted by Crippen LogP contribution is 2.32. The van der Waals surface area contributed by atoms with Crippen molar-refractivity contribution in [1.82, 2.24) is 4.90 Å². The van der Waals surface area contributed by atoms with Crippen LogP contribution in [0.2, 0.25) is 0 Å². The van der Waals surface area contributed by atoms with Crippen molar-refractivity contribution in [2.24, 2.45) is 5.11 Å². The Bertz CT molecular complexity index is 746. The summed E-state index contributed by atoms with van der Waals surface area (Å²) in [6.07, 6.45) is 1.52. The van der Waals surface area contributed by atoms with E-state index in [1.165, 1.54) is 6.07 Å². The molecular weight excluding hydrogens is 272 g/mol. The zero-order valence-corrected chi connectivity index (χ0v) is 11.3. The minimum Gasteiger partial charge on any atom is -0.508 e. The Balaban J connectivity index is 1.98. The van der Waals surface area contributed by atoms with Crippen molar-refractivity contribution < 1.29 is 14.3 Å². The molecule has 0 radical (unpaired) electrons. The highest BCUT2D eigenvalue weighted by atomic mass is 16.3. The van der Waals surface area contributed by atoms with Crippen LogP contribution in [0.1, 0.15) is 22.5 Å². The summed E-state index contributed by atoms with van der Waals surface area (Å²) in [5.74, 6) is 0.295. The smallest absolute Gasteiger partial charge is 0.289 e. The van der Waals surface area contributed by atoms with Crippen LogP contribution in [0.25, 0.3) is 21.4 Å². The molecule has 1 aromatic carbocycles. The maximum absolute atomic E-state index is 12.5. The molecule has 0 aliphatic carbocycles. The van der Waals surface area contributed by atoms with E-state index in [1.807, 2.05) is 0 Å². The van der Waals surface area contributed by atoms with Crippen LogP contribution in [0.3, 0.4) is 0 Å². The first-order chi connectivity index (χ1) is 10.2. The Kier molecular flexibility index (Phi) is 3.41. The summed E-state index contributed by atoms with van der Waals surface area (Å²) < 4.78 is 5.67. The molecule has 0 saturated carbocycles. The lowest BCUT2D eigenvalue weighted by atomic mass is 10.1. The molecule has 108 valence electrons. The molecule has 1 aliphatic heterocycles. The monoisotopic (exact) mass is 286 g/mol. The lowest BCUT2D eigenvalue weighted by molar-refractivity contribution is 0.0737. The van der Waals surface area contributed by atoms with E-state index >= 15 is 0 Å². The Morgan fingerprint density at radius 2 is 2.33 bits per heavy atom. The number of fused-ring (bicyclic) bond motifs is 3. The second-order valence-corrected chi connectivity index (χ2v) is 4.94. The Morgan fingerprint density at radius 3 is 3.14 bits per heavy atom. The van der Waals surface area contributed by atoms with Gasteiger partial charge in [0.25, 0.3) is 5.91 Å². The number of phenolic OH excluding ortho intramolecular Hbond substituents is 1. The average molecular weight is 286 g/mol. The van der Waals surface area contributed by atoms with Crippen LogP contribution >= 0.6 is 0 Å². The Hall–Kier alpha value is -2.66. The predicted molar refractivity (Wildman–Crippen MR) is 76.1 cm³/mol. The fourth-order valence-corrected chi connectivity index (χ4v) is 2.67. The van der Waals surface area contributed by atoms with Crippen molar-refractivity contribution in [3.63, 3.8) is 0 Å². The summed E-state index contributed by atoms with van der Waals surface area (Å²) in [5, 5.41) is 13.8. The van der Waals surface area contributed by atoms with E-state index in [9.17, 15) is 9.90 Å². The number of nitrogens with zero attached hydrogens (tertiary/aromatic N) is 4. The number of aromatic hydroxyl groups is 1. The summed E-state index contributed by atoms with van der Waals surface area (Å²) in [6, 6.07) is 4.83. The lowest BCUT2D eigenvalue weighted by Gasteiger charge is -2.18. The van der Waals surface area contributed by atoms with Gasteiger partial charge in [-0.15, -0.1) is 0 Å². The first-order valence-corrected chi connectivity index (χ1v) is 6.75. The number of carbonyl (C=O) groups excluding carboxylic acids is 1. The number of hydrogen-bond donors (Lipinski definition) is 1. The van der Waals surface area contributed by atoms with Crippen molar-refractivity contribution in [2.45, 2.75) is 12.8 Å². The number of rotatable bonds is 3. The van der Waals surface area contributed by atoms with E-state index in [4.69, 9.17) is 9.95 Å². The van der Waals surface area contributed by atoms with Gasteiger partial charge in [0.1, 0.15) is 11.3 Å². The topological polar surface area (TPSA) is 102 Å². The van der Waals surface area contributed by atoms with Crippen molar-refractivity contribution >= 4 is 16.9 Å². The number of benzene rings is 1. The SMILES string of the molecule is [N-]=[N+]=NCCN1CCCc2c(oc3ccc(O)cc23)C1=O. The fourth-order valence-electron chi connectivity index (χ4n) is 2.67. The van der Waals surface area contributed by atoms with Gasteiger partial charge in [-0.2, -0.15) is 0 Å². The van der Waals surface area contributed by atoms with Crippen LogP contribution in [-0.2, 0) is 6.42 Å². The molecule has 0 unspecified atom stereocenters. The fraction of sp³-hybridized carbons (Fsp3) is 0.357. The van der Waals surface area contributed by atoms with Gasteiger partial charge >= 0.3 is 0 Å². The van der Waals surface area contributed by atoms with Gasteiger partial charge in [-0.25, -0.2) is 0 Å². The van der Waals surface area contributed by atoms with E-state index in [-0.39, 0.29) is 18.2 Å². The van der Waals surface area contributed by atoms with E-state index in [1.54, 1.807) is 17.0 Å². The summed E-state index contributed by atoms with van der Waals surface area (Å²) in [5.41, 5.74) is 9.75. The summed E-state index contributed by atoms with van der Waals surface area (Å²) in [7, 11) is 0. The number of hydrogen-bond acceptors (Lipinski definition) is 4. The summed E-state index contributed by atoms with van der Waals surface area (Å²) >= 11 is 0. The minimum atomic E-state index is -0.189. The molecule has 7 heteroatoms. The quantitative estimate of drug-likeness (QED) is 0.533. The zero-order valence-electron chi connectivity index (χ0n) is 11.3. The van der Waals surface area contributed by atoms with Gasteiger partial charge in [-0.05, 0) is 36.6 Å². The van der Waals surface area contributed by atoms with Crippen LogP contribution in [-0.4, -0.2) is 35.5 Å². The third-order valence-electron chi connectivity index (χ3n) is 3.64. The van der Waals surface area contributed by atoms with Crippen molar-refractivity contribution in [3.8, 4) is 5.75 Å². The molecule has 2 aromatic rings. The van der Waals surface area contributed by atoms with Gasteiger partial charge in [-0.3, -0.25) is 4.79 Å². The van der Waals surface area contributed by atoms with Crippen molar-refractivity contribution in [1.29, 1.82) is 0 Å². The molecule has 7 nitrogen and oxygen atoms in total. The van der Waals surface area contributed by atoms with Gasteiger partial charge < -0.3 is 14.4 Å². The van der Waals surface area contributed by atoms with Crippen LogP contribution in [0.5, 0.6) is 5.75 Å². The average Bonchev–Trinajstić information content (AvgIpc) is 2.75. The Morgan fingerprint density at radius 1 is 1.48 bits per heavy atom. The molecule has 0 saturated heterocycles. The molecule has 0 bridgehead atoms. The summed E-state index contributed by atoms with van der Waals surface area (Å²) in [6.45, 7) is 1.23. The molecule has 21 heavy (non-hydrogen) atoms. The van der Waals surface area contributed by atoms with E-state index in [0.717, 1.165) is 23.8 Å². The molecule has 0 atom stereocenters. The number of aryl methyl sites for hydroxylation is 1. The number of carbonyl (C=O) groups is 1. The molecule has 1 aromatic heterocycles. The molecule has 1 amide bonds. The van der Waals surface area contributed by atoms with Gasteiger partial charge in [0.2, 0.25) is 0 Å². The van der Waals surface area contributed by atoms with Gasteiger partial charge in [0, 0.05) is 35.5 Å². The van der Waals surface area contributed by atoms with Crippen LogP contribution in [0.15, 0.2) is 27.7 Å². The van der Waals surface area contributed by atoms with E-state index < -0.39 is 0 Å². The molecule has 0 fully saturated rings. The van der Waals surface area contributed by atoms with E-state index in [2.05, 4.69) is 10.0 Å². The first-order valence-electron chi connectivity index (χ1n) is 6.75. The minimum absolute atomic E-state index is 0.156. The van der Waals surface area contributed by atoms with Crippen molar-refractivity contribution in [2.75, 3.05) is 19.6 Å². The van der Waals surface area contributed by atoms with Crippen LogP contribution in [0.4, 0.5) is 0 Å². The number of azide groups is 1. The van der Waals surface area contributed by atoms with Crippen molar-refractivity contribution in [3.05, 3.63) is 40.0 Å². The highest BCUT2D eigenvalue weighted by molar-refractivity contribution is 5.99. The number of amides is 1.